The molecule has 2 heterocycles. The molecule has 2 aliphatic carbocycles. The lowest BCUT2D eigenvalue weighted by molar-refractivity contribution is -0.117. The average molecular weight is 461 g/mol. The Bertz CT molecular complexity index is 1070. The second kappa shape index (κ2) is 9.53. The SMILES string of the molecule is C[C@H]1C[C@@H]1c1ccc(CCC(=O)Nc2ccc(NC(=O)CCc3ccc([C@@H]4C[C@@H]4C)o3)cc2)o1. The van der Waals surface area contributed by atoms with Gasteiger partial charge in [0.15, 0.2) is 0 Å². The van der Waals surface area contributed by atoms with Crippen LogP contribution >= 0.6 is 0 Å². The largest absolute Gasteiger partial charge is 0.466 e. The van der Waals surface area contributed by atoms with Crippen molar-refractivity contribution in [3.05, 3.63) is 71.6 Å². The van der Waals surface area contributed by atoms with E-state index in [0.717, 1.165) is 23.0 Å². The lowest BCUT2D eigenvalue weighted by Crippen LogP contribution is -2.13. The Morgan fingerprint density at radius 2 is 1.09 bits per heavy atom. The Balaban J connectivity index is 1.03. The Hall–Kier alpha value is -3.28. The molecule has 2 saturated carbocycles. The maximum atomic E-state index is 12.3. The molecule has 34 heavy (non-hydrogen) atoms. The highest BCUT2D eigenvalue weighted by molar-refractivity contribution is 5.93. The summed E-state index contributed by atoms with van der Waals surface area (Å²) in [6, 6.07) is 15.2. The number of aryl methyl sites for hydroxylation is 2. The van der Waals surface area contributed by atoms with Gasteiger partial charge in [0.1, 0.15) is 23.0 Å². The van der Waals surface area contributed by atoms with Crippen molar-refractivity contribution in [2.75, 3.05) is 10.6 Å². The molecule has 1 aromatic carbocycles. The summed E-state index contributed by atoms with van der Waals surface area (Å²) in [5, 5.41) is 5.80. The summed E-state index contributed by atoms with van der Waals surface area (Å²) in [6.45, 7) is 4.45. The molecule has 0 aliphatic heterocycles. The maximum absolute atomic E-state index is 12.3. The number of hydrogen-bond donors (Lipinski definition) is 2. The standard InChI is InChI=1S/C28H32N2O4/c1-17-15-23(17)25-11-7-21(33-25)9-13-27(31)29-19-3-5-20(6-4-19)30-28(32)14-10-22-8-12-26(34-22)24-16-18(24)2/h3-8,11-12,17-18,23-24H,9-10,13-16H2,1-2H3,(H,29,31)(H,30,32)/t17-,18-,23-,24+/m0/s1. The number of amides is 2. The molecule has 0 unspecified atom stereocenters. The van der Waals surface area contributed by atoms with Crippen molar-refractivity contribution in [2.45, 2.75) is 64.2 Å². The molecule has 5 rings (SSSR count). The quantitative estimate of drug-likeness (QED) is 0.374. The van der Waals surface area contributed by atoms with Gasteiger partial charge in [0.05, 0.1) is 0 Å². The smallest absolute Gasteiger partial charge is 0.224 e. The van der Waals surface area contributed by atoms with Crippen LogP contribution in [0.2, 0.25) is 0 Å². The van der Waals surface area contributed by atoms with Crippen LogP contribution in [-0.4, -0.2) is 11.8 Å². The zero-order valence-electron chi connectivity index (χ0n) is 19.8. The topological polar surface area (TPSA) is 84.5 Å². The van der Waals surface area contributed by atoms with Crippen molar-refractivity contribution < 1.29 is 18.4 Å². The normalized spacial score (nSPS) is 22.9. The predicted molar refractivity (Wildman–Crippen MR) is 131 cm³/mol. The van der Waals surface area contributed by atoms with E-state index in [1.54, 1.807) is 24.3 Å². The molecule has 2 aliphatic rings. The Kier molecular flexibility index (Phi) is 6.31. The lowest BCUT2D eigenvalue weighted by Gasteiger charge is -2.08. The Morgan fingerprint density at radius 3 is 1.44 bits per heavy atom. The van der Waals surface area contributed by atoms with Crippen LogP contribution in [0.15, 0.2) is 57.4 Å². The first-order valence-corrected chi connectivity index (χ1v) is 12.3. The van der Waals surface area contributed by atoms with Gasteiger partial charge in [-0.05, 0) is 73.2 Å². The van der Waals surface area contributed by atoms with Gasteiger partial charge < -0.3 is 19.5 Å². The summed E-state index contributed by atoms with van der Waals surface area (Å²) in [7, 11) is 0. The third-order valence-electron chi connectivity index (χ3n) is 6.96. The van der Waals surface area contributed by atoms with Crippen LogP contribution in [0.3, 0.4) is 0 Å². The van der Waals surface area contributed by atoms with Gasteiger partial charge >= 0.3 is 0 Å². The first-order valence-electron chi connectivity index (χ1n) is 12.3. The van der Waals surface area contributed by atoms with Crippen LogP contribution in [0.25, 0.3) is 0 Å². The molecule has 178 valence electrons. The lowest BCUT2D eigenvalue weighted by atomic mass is 10.2. The molecular weight excluding hydrogens is 428 g/mol. The molecule has 6 heteroatoms. The number of hydrogen-bond acceptors (Lipinski definition) is 4. The van der Waals surface area contributed by atoms with Crippen LogP contribution in [0.1, 0.15) is 74.4 Å². The van der Waals surface area contributed by atoms with Crippen molar-refractivity contribution in [3.8, 4) is 0 Å². The van der Waals surface area contributed by atoms with Gasteiger partial charge in [0.2, 0.25) is 11.8 Å². The molecule has 2 N–H and O–H groups in total. The van der Waals surface area contributed by atoms with Gasteiger partial charge in [-0.15, -0.1) is 0 Å². The molecule has 6 nitrogen and oxygen atoms in total. The highest BCUT2D eigenvalue weighted by Gasteiger charge is 2.37. The molecule has 2 amide bonds. The van der Waals surface area contributed by atoms with Gasteiger partial charge in [-0.2, -0.15) is 0 Å². The molecule has 3 aromatic rings. The van der Waals surface area contributed by atoms with E-state index < -0.39 is 0 Å². The number of nitrogens with one attached hydrogen (secondary N) is 2. The number of furan rings is 2. The van der Waals surface area contributed by atoms with E-state index in [1.165, 1.54) is 12.8 Å². The first kappa shape index (κ1) is 22.5. The zero-order chi connectivity index (χ0) is 23.7. The third kappa shape index (κ3) is 5.61. The van der Waals surface area contributed by atoms with Gasteiger partial charge in [0.25, 0.3) is 0 Å². The number of anilines is 2. The molecule has 4 atom stereocenters. The van der Waals surface area contributed by atoms with Crippen molar-refractivity contribution >= 4 is 23.2 Å². The second-order valence-corrected chi connectivity index (χ2v) is 9.92. The monoisotopic (exact) mass is 460 g/mol. The van der Waals surface area contributed by atoms with E-state index in [1.807, 2.05) is 24.3 Å². The zero-order valence-corrected chi connectivity index (χ0v) is 19.8. The summed E-state index contributed by atoms with van der Waals surface area (Å²) in [5.74, 6) is 6.19. The number of carbonyl (C=O) groups excluding carboxylic acids is 2. The molecule has 2 fully saturated rings. The van der Waals surface area contributed by atoms with Crippen molar-refractivity contribution in [1.29, 1.82) is 0 Å². The van der Waals surface area contributed by atoms with Crippen molar-refractivity contribution in [3.63, 3.8) is 0 Å². The summed E-state index contributed by atoms with van der Waals surface area (Å²) >= 11 is 0. The molecule has 0 spiro atoms. The minimum Gasteiger partial charge on any atom is -0.466 e. The van der Waals surface area contributed by atoms with Crippen molar-refractivity contribution in [1.82, 2.24) is 0 Å². The third-order valence-corrected chi connectivity index (χ3v) is 6.96. The van der Waals surface area contributed by atoms with E-state index in [2.05, 4.69) is 24.5 Å². The summed E-state index contributed by atoms with van der Waals surface area (Å²) in [5.41, 5.74) is 1.40. The average Bonchev–Trinajstić information content (AvgIpc) is 3.58. The molecule has 0 saturated heterocycles. The number of carbonyl (C=O) groups is 2. The van der Waals surface area contributed by atoms with Gasteiger partial charge in [-0.25, -0.2) is 0 Å². The van der Waals surface area contributed by atoms with Crippen molar-refractivity contribution in [2.24, 2.45) is 11.8 Å². The fourth-order valence-corrected chi connectivity index (χ4v) is 4.45. The van der Waals surface area contributed by atoms with E-state index in [-0.39, 0.29) is 11.8 Å². The van der Waals surface area contributed by atoms with Gasteiger partial charge in [-0.1, -0.05) is 13.8 Å². The molecule has 0 bridgehead atoms. The highest BCUT2D eigenvalue weighted by atomic mass is 16.3. The molecular formula is C28H32N2O4. The Labute approximate surface area is 200 Å². The van der Waals surface area contributed by atoms with Crippen LogP contribution in [0.4, 0.5) is 11.4 Å². The van der Waals surface area contributed by atoms with Gasteiger partial charge in [0, 0.05) is 48.9 Å². The maximum Gasteiger partial charge on any atom is 0.224 e. The summed E-state index contributed by atoms with van der Waals surface area (Å²) in [4.78, 5) is 24.6. The summed E-state index contributed by atoms with van der Waals surface area (Å²) in [6.07, 6.45) is 4.26. The van der Waals surface area contributed by atoms with E-state index in [4.69, 9.17) is 8.83 Å². The van der Waals surface area contributed by atoms with Crippen LogP contribution in [0.5, 0.6) is 0 Å². The predicted octanol–water partition coefficient (Wildman–Crippen LogP) is 6.26. The summed E-state index contributed by atoms with van der Waals surface area (Å²) < 4.78 is 11.7. The fourth-order valence-electron chi connectivity index (χ4n) is 4.45. The molecule has 2 aromatic heterocycles. The number of benzene rings is 1. The van der Waals surface area contributed by atoms with Gasteiger partial charge in [-0.3, -0.25) is 9.59 Å². The van der Waals surface area contributed by atoms with Crippen LogP contribution < -0.4 is 10.6 Å². The Morgan fingerprint density at radius 1 is 0.706 bits per heavy atom. The minimum atomic E-state index is -0.0621. The van der Waals surface area contributed by atoms with Crippen LogP contribution in [-0.2, 0) is 22.4 Å². The van der Waals surface area contributed by atoms with E-state index >= 15 is 0 Å². The molecule has 0 radical (unpaired) electrons. The minimum absolute atomic E-state index is 0.0621. The van der Waals surface area contributed by atoms with E-state index in [0.29, 0.717) is 60.7 Å². The first-order chi connectivity index (χ1) is 16.4. The fraction of sp³-hybridized carbons (Fsp3) is 0.429. The second-order valence-electron chi connectivity index (χ2n) is 9.92. The highest BCUT2D eigenvalue weighted by Crippen LogP contribution is 2.48. The van der Waals surface area contributed by atoms with Crippen LogP contribution in [0, 0.1) is 11.8 Å². The van der Waals surface area contributed by atoms with E-state index in [9.17, 15) is 9.59 Å². The number of rotatable bonds is 10.